The smallest absolute Gasteiger partial charge is 0.174 e. The van der Waals surface area contributed by atoms with E-state index < -0.39 is 5.92 Å². The molecule has 3 rings (SSSR count). The van der Waals surface area contributed by atoms with Crippen LogP contribution in [0.25, 0.3) is 0 Å². The van der Waals surface area contributed by atoms with Crippen LogP contribution < -0.4 is 0 Å². The highest BCUT2D eigenvalue weighted by Crippen LogP contribution is 2.31. The second kappa shape index (κ2) is 4.88. The van der Waals surface area contributed by atoms with Gasteiger partial charge in [-0.1, -0.05) is 41.4 Å². The highest BCUT2D eigenvalue weighted by Gasteiger charge is 2.36. The molecular formula is C17H13ClO2. The summed E-state index contributed by atoms with van der Waals surface area (Å²) >= 11 is 5.94. The second-order valence-corrected chi connectivity index (χ2v) is 5.59. The average Bonchev–Trinajstić information content (AvgIpc) is 2.75. The number of aryl methyl sites for hydroxylation is 1. The van der Waals surface area contributed by atoms with Gasteiger partial charge in [0.1, 0.15) is 0 Å². The summed E-state index contributed by atoms with van der Waals surface area (Å²) in [4.78, 5) is 24.8. The summed E-state index contributed by atoms with van der Waals surface area (Å²) < 4.78 is 0. The molecule has 1 unspecified atom stereocenters. The summed E-state index contributed by atoms with van der Waals surface area (Å²) in [7, 11) is 0. The molecule has 0 heterocycles. The monoisotopic (exact) mass is 284 g/mol. The predicted octanol–water partition coefficient (Wildman–Crippen LogP) is 3.89. The van der Waals surface area contributed by atoms with Crippen LogP contribution in [-0.2, 0) is 6.42 Å². The molecule has 0 aromatic heterocycles. The van der Waals surface area contributed by atoms with Crippen molar-refractivity contribution in [3.8, 4) is 0 Å². The number of ketones is 2. The van der Waals surface area contributed by atoms with Crippen molar-refractivity contribution in [2.24, 2.45) is 5.92 Å². The van der Waals surface area contributed by atoms with Gasteiger partial charge < -0.3 is 0 Å². The molecule has 0 fully saturated rings. The highest BCUT2D eigenvalue weighted by molar-refractivity contribution is 6.31. The van der Waals surface area contributed by atoms with Crippen molar-refractivity contribution in [1.29, 1.82) is 0 Å². The molecule has 2 aromatic rings. The van der Waals surface area contributed by atoms with Crippen LogP contribution in [0.15, 0.2) is 42.5 Å². The van der Waals surface area contributed by atoms with Gasteiger partial charge in [0.15, 0.2) is 11.6 Å². The van der Waals surface area contributed by atoms with Gasteiger partial charge in [0.25, 0.3) is 0 Å². The van der Waals surface area contributed by atoms with E-state index in [-0.39, 0.29) is 11.6 Å². The molecule has 0 saturated carbocycles. The molecule has 1 aliphatic rings. The number of carbonyl (C=O) groups is 2. The van der Waals surface area contributed by atoms with E-state index in [0.717, 1.165) is 11.1 Å². The van der Waals surface area contributed by atoms with Crippen LogP contribution in [0.4, 0.5) is 0 Å². The molecule has 0 saturated heterocycles. The summed E-state index contributed by atoms with van der Waals surface area (Å²) in [6.45, 7) is 1.97. The fraction of sp³-hybridized carbons (Fsp3) is 0.176. The Bertz CT molecular complexity index is 701. The zero-order valence-electron chi connectivity index (χ0n) is 11.0. The lowest BCUT2D eigenvalue weighted by Crippen LogP contribution is -2.20. The molecule has 0 radical (unpaired) electrons. The van der Waals surface area contributed by atoms with E-state index >= 15 is 0 Å². The lowest BCUT2D eigenvalue weighted by molar-refractivity contribution is 0.0822. The van der Waals surface area contributed by atoms with E-state index in [1.54, 1.807) is 30.3 Å². The fourth-order valence-corrected chi connectivity index (χ4v) is 2.80. The molecule has 3 heteroatoms. The first-order valence-corrected chi connectivity index (χ1v) is 6.87. The first-order valence-electron chi connectivity index (χ1n) is 6.50. The third-order valence-corrected chi connectivity index (χ3v) is 3.96. The zero-order valence-corrected chi connectivity index (χ0v) is 11.8. The number of halogens is 1. The first kappa shape index (κ1) is 13.1. The van der Waals surface area contributed by atoms with E-state index in [9.17, 15) is 9.59 Å². The van der Waals surface area contributed by atoms with Gasteiger partial charge in [0, 0.05) is 16.1 Å². The highest BCUT2D eigenvalue weighted by atomic mass is 35.5. The second-order valence-electron chi connectivity index (χ2n) is 5.15. The van der Waals surface area contributed by atoms with Crippen LogP contribution in [0.5, 0.6) is 0 Å². The molecule has 2 nitrogen and oxygen atoms in total. The van der Waals surface area contributed by atoms with Gasteiger partial charge in [0.05, 0.1) is 5.92 Å². The molecule has 0 amide bonds. The van der Waals surface area contributed by atoms with Crippen LogP contribution in [0, 0.1) is 12.8 Å². The maximum atomic E-state index is 12.5. The molecule has 100 valence electrons. The minimum absolute atomic E-state index is 0.0951. The van der Waals surface area contributed by atoms with Crippen molar-refractivity contribution in [1.82, 2.24) is 0 Å². The van der Waals surface area contributed by atoms with Crippen molar-refractivity contribution in [2.45, 2.75) is 13.3 Å². The number of benzene rings is 2. The molecule has 1 aliphatic carbocycles. The maximum absolute atomic E-state index is 12.5. The average molecular weight is 285 g/mol. The molecule has 0 aliphatic heterocycles. The largest absolute Gasteiger partial charge is 0.293 e. The van der Waals surface area contributed by atoms with Gasteiger partial charge in [-0.25, -0.2) is 0 Å². The van der Waals surface area contributed by atoms with E-state index in [2.05, 4.69) is 0 Å². The predicted molar refractivity (Wildman–Crippen MR) is 78.5 cm³/mol. The standard InChI is InChI=1S/C17H13ClO2/c1-10-2-4-11(5-3-10)16(19)15-9-12-8-13(18)6-7-14(12)17(15)20/h2-8,15H,9H2,1H3. The molecule has 0 bridgehead atoms. The van der Waals surface area contributed by atoms with Gasteiger partial charge in [-0.3, -0.25) is 9.59 Å². The Morgan fingerprint density at radius 1 is 1.15 bits per heavy atom. The van der Waals surface area contributed by atoms with E-state index in [1.807, 2.05) is 19.1 Å². The molecule has 0 N–H and O–H groups in total. The Labute approximate surface area is 122 Å². The Morgan fingerprint density at radius 2 is 1.85 bits per heavy atom. The third kappa shape index (κ3) is 2.16. The molecular weight excluding hydrogens is 272 g/mol. The summed E-state index contributed by atoms with van der Waals surface area (Å²) in [5, 5.41) is 0.597. The van der Waals surface area contributed by atoms with Crippen molar-refractivity contribution in [3.05, 3.63) is 69.7 Å². The lowest BCUT2D eigenvalue weighted by Gasteiger charge is -2.07. The van der Waals surface area contributed by atoms with Gasteiger partial charge >= 0.3 is 0 Å². The molecule has 1 atom stereocenters. The minimum Gasteiger partial charge on any atom is -0.293 e. The Kier molecular flexibility index (Phi) is 3.19. The quantitative estimate of drug-likeness (QED) is 0.619. The maximum Gasteiger partial charge on any atom is 0.174 e. The summed E-state index contributed by atoms with van der Waals surface area (Å²) in [6, 6.07) is 12.5. The number of hydrogen-bond acceptors (Lipinski definition) is 2. The summed E-state index contributed by atoms with van der Waals surface area (Å²) in [5.41, 5.74) is 3.18. The van der Waals surface area contributed by atoms with Crippen molar-refractivity contribution in [3.63, 3.8) is 0 Å². The molecule has 0 spiro atoms. The molecule has 2 aromatic carbocycles. The van der Waals surface area contributed by atoms with Crippen LogP contribution in [0.3, 0.4) is 0 Å². The van der Waals surface area contributed by atoms with Crippen LogP contribution >= 0.6 is 11.6 Å². The first-order chi connectivity index (χ1) is 9.56. The Balaban J connectivity index is 1.92. The van der Waals surface area contributed by atoms with Crippen molar-refractivity contribution in [2.75, 3.05) is 0 Å². The van der Waals surface area contributed by atoms with Gasteiger partial charge in [-0.15, -0.1) is 0 Å². The number of rotatable bonds is 2. The fourth-order valence-electron chi connectivity index (χ4n) is 2.60. The normalized spacial score (nSPS) is 17.1. The topological polar surface area (TPSA) is 34.1 Å². The number of fused-ring (bicyclic) bond motifs is 1. The minimum atomic E-state index is -0.605. The van der Waals surface area contributed by atoms with Crippen LogP contribution in [0.2, 0.25) is 5.02 Å². The van der Waals surface area contributed by atoms with E-state index in [1.165, 1.54) is 0 Å². The van der Waals surface area contributed by atoms with Gasteiger partial charge in [0.2, 0.25) is 0 Å². The van der Waals surface area contributed by atoms with Crippen molar-refractivity contribution >= 4 is 23.2 Å². The number of Topliss-reactive ketones (excluding diaryl/α,β-unsaturated/α-hetero) is 2. The molecule has 20 heavy (non-hydrogen) atoms. The van der Waals surface area contributed by atoms with Gasteiger partial charge in [-0.2, -0.15) is 0 Å². The van der Waals surface area contributed by atoms with Crippen LogP contribution in [-0.4, -0.2) is 11.6 Å². The summed E-state index contributed by atoms with van der Waals surface area (Å²) in [5.74, 6) is -0.810. The SMILES string of the molecule is Cc1ccc(C(=O)C2Cc3cc(Cl)ccc3C2=O)cc1. The number of hydrogen-bond donors (Lipinski definition) is 0. The van der Waals surface area contributed by atoms with E-state index in [0.29, 0.717) is 22.6 Å². The third-order valence-electron chi connectivity index (χ3n) is 3.73. The Hall–Kier alpha value is -1.93. The number of carbonyl (C=O) groups excluding carboxylic acids is 2. The van der Waals surface area contributed by atoms with E-state index in [4.69, 9.17) is 11.6 Å². The van der Waals surface area contributed by atoms with Crippen molar-refractivity contribution < 1.29 is 9.59 Å². The Morgan fingerprint density at radius 3 is 2.55 bits per heavy atom. The summed E-state index contributed by atoms with van der Waals surface area (Å²) in [6.07, 6.45) is 0.446. The zero-order chi connectivity index (χ0) is 14.3. The van der Waals surface area contributed by atoms with Crippen LogP contribution in [0.1, 0.15) is 31.8 Å². The van der Waals surface area contributed by atoms with Gasteiger partial charge in [-0.05, 0) is 37.1 Å². The lowest BCUT2D eigenvalue weighted by atomic mass is 9.94.